The van der Waals surface area contributed by atoms with Gasteiger partial charge in [-0.05, 0) is 52.5 Å². The number of aromatic hydroxyl groups is 1. The Morgan fingerprint density at radius 3 is 2.22 bits per heavy atom. The zero-order valence-electron chi connectivity index (χ0n) is 26.5. The summed E-state index contributed by atoms with van der Waals surface area (Å²) >= 11 is 6.78. The largest absolute Gasteiger partial charge is 0.508 e. The maximum Gasteiger partial charge on any atom is 0.307 e. The molecule has 0 aliphatic heterocycles. The lowest BCUT2D eigenvalue weighted by Gasteiger charge is -2.50. The molecule has 5 atom stereocenters. The van der Waals surface area contributed by atoms with Crippen molar-refractivity contribution in [2.75, 3.05) is 59.6 Å². The van der Waals surface area contributed by atoms with Crippen LogP contribution in [-0.4, -0.2) is 127 Å². The van der Waals surface area contributed by atoms with E-state index in [4.69, 9.17) is 17.3 Å². The second-order valence-corrected chi connectivity index (χ2v) is 12.7. The molecule has 1 aromatic carbocycles. The van der Waals surface area contributed by atoms with Crippen LogP contribution in [0.5, 0.6) is 5.75 Å². The SMILES string of the molecule is COC(=O)CC(C(=O)Nc1c(O)c2c(c(N(C)C)c1Cl)CC1CC3[C@H](N(C)C)C(=O)C(C(N)=O)=C(O)[C@@]3(O)C(=O)C1=C2O)N(C)C. The first-order valence-electron chi connectivity index (χ1n) is 14.3. The molecule has 250 valence electrons. The quantitative estimate of drug-likeness (QED) is 0.124. The number of fused-ring (bicyclic) bond motifs is 3. The van der Waals surface area contributed by atoms with Gasteiger partial charge in [-0.1, -0.05) is 11.6 Å². The predicted octanol–water partition coefficient (Wildman–Crippen LogP) is 0.115. The lowest BCUT2D eigenvalue weighted by atomic mass is 9.57. The summed E-state index contributed by atoms with van der Waals surface area (Å²) in [6.45, 7) is 0. The number of hydrogen-bond acceptors (Lipinski definition) is 13. The van der Waals surface area contributed by atoms with E-state index in [1.165, 1.54) is 31.0 Å². The summed E-state index contributed by atoms with van der Waals surface area (Å²) in [6, 6.07) is -2.27. The molecule has 46 heavy (non-hydrogen) atoms. The summed E-state index contributed by atoms with van der Waals surface area (Å²) < 4.78 is 4.69. The van der Waals surface area contributed by atoms with Gasteiger partial charge in [0.25, 0.3) is 5.91 Å². The van der Waals surface area contributed by atoms with Crippen LogP contribution in [0.1, 0.15) is 24.0 Å². The minimum absolute atomic E-state index is 0.00772. The van der Waals surface area contributed by atoms with E-state index in [0.717, 1.165) is 0 Å². The van der Waals surface area contributed by atoms with E-state index >= 15 is 0 Å². The number of rotatable bonds is 8. The van der Waals surface area contributed by atoms with Crippen LogP contribution in [0.3, 0.4) is 0 Å². The van der Waals surface area contributed by atoms with E-state index in [-0.39, 0.29) is 41.1 Å². The summed E-state index contributed by atoms with van der Waals surface area (Å²) in [6.07, 6.45) is -0.440. The van der Waals surface area contributed by atoms with Crippen LogP contribution < -0.4 is 16.0 Å². The maximum atomic E-state index is 14.2. The van der Waals surface area contributed by atoms with Crippen molar-refractivity contribution in [3.05, 3.63) is 33.1 Å². The molecule has 7 N–H and O–H groups in total. The van der Waals surface area contributed by atoms with E-state index in [1.807, 2.05) is 0 Å². The number of aliphatic hydroxyl groups is 3. The maximum absolute atomic E-state index is 14.2. The zero-order chi connectivity index (χ0) is 34.7. The minimum atomic E-state index is -2.80. The summed E-state index contributed by atoms with van der Waals surface area (Å²) in [5, 5.41) is 48.5. The highest BCUT2D eigenvalue weighted by molar-refractivity contribution is 6.37. The number of nitrogens with two attached hydrogens (primary N) is 1. The van der Waals surface area contributed by atoms with Gasteiger partial charge in [0.15, 0.2) is 17.1 Å². The fourth-order valence-electron chi connectivity index (χ4n) is 6.87. The molecule has 1 saturated carbocycles. The van der Waals surface area contributed by atoms with Gasteiger partial charge in [0.05, 0.1) is 41.9 Å². The fourth-order valence-corrected chi connectivity index (χ4v) is 7.28. The first-order valence-corrected chi connectivity index (χ1v) is 14.6. The summed E-state index contributed by atoms with van der Waals surface area (Å²) in [5.74, 6) is -9.48. The number of methoxy groups -OCH3 is 1. The van der Waals surface area contributed by atoms with Crippen LogP contribution in [0, 0.1) is 11.8 Å². The first kappa shape index (κ1) is 34.7. The highest BCUT2D eigenvalue weighted by Gasteiger charge is 2.64. The fraction of sp³-hybridized carbons (Fsp3) is 0.500. The highest BCUT2D eigenvalue weighted by Crippen LogP contribution is 2.56. The van der Waals surface area contributed by atoms with Crippen molar-refractivity contribution in [3.8, 4) is 5.75 Å². The van der Waals surface area contributed by atoms with Crippen molar-refractivity contribution < 1.29 is 49.1 Å². The van der Waals surface area contributed by atoms with Gasteiger partial charge < -0.3 is 41.1 Å². The molecule has 15 nitrogen and oxygen atoms in total. The number of aliphatic hydroxyl groups excluding tert-OH is 2. The van der Waals surface area contributed by atoms with E-state index in [9.17, 15) is 44.4 Å². The summed E-state index contributed by atoms with van der Waals surface area (Å²) in [5.41, 5.74) is 1.33. The smallest absolute Gasteiger partial charge is 0.307 e. The van der Waals surface area contributed by atoms with E-state index < -0.39 is 81.7 Å². The zero-order valence-corrected chi connectivity index (χ0v) is 27.2. The number of likely N-dealkylation sites (N-methyl/N-ethyl adjacent to an activating group) is 2. The van der Waals surface area contributed by atoms with E-state index in [0.29, 0.717) is 11.3 Å². The number of halogens is 1. The monoisotopic (exact) mass is 663 g/mol. The number of carbonyl (C=O) groups is 5. The molecule has 0 bridgehead atoms. The highest BCUT2D eigenvalue weighted by atomic mass is 35.5. The van der Waals surface area contributed by atoms with Crippen molar-refractivity contribution in [3.63, 3.8) is 0 Å². The molecular formula is C30H38ClN5O10. The second kappa shape index (κ2) is 12.2. The van der Waals surface area contributed by atoms with Crippen molar-refractivity contribution in [2.24, 2.45) is 17.6 Å². The van der Waals surface area contributed by atoms with Gasteiger partial charge in [-0.2, -0.15) is 0 Å². The number of phenols is 1. The van der Waals surface area contributed by atoms with Gasteiger partial charge in [-0.15, -0.1) is 0 Å². The molecule has 0 aromatic heterocycles. The molecule has 16 heteroatoms. The van der Waals surface area contributed by atoms with E-state index in [2.05, 4.69) is 10.1 Å². The molecule has 3 unspecified atom stereocenters. The third kappa shape index (κ3) is 5.16. The normalized spacial score (nSPS) is 24.8. The van der Waals surface area contributed by atoms with Crippen molar-refractivity contribution in [1.82, 2.24) is 9.80 Å². The van der Waals surface area contributed by atoms with Crippen LogP contribution in [0.2, 0.25) is 5.02 Å². The van der Waals surface area contributed by atoms with Crippen LogP contribution in [-0.2, 0) is 35.1 Å². The number of nitrogens with one attached hydrogen (secondary N) is 1. The molecule has 1 aromatic rings. The average Bonchev–Trinajstić information content (AvgIpc) is 2.94. The molecule has 0 saturated heterocycles. The Hall–Kier alpha value is -4.18. The molecule has 2 amide bonds. The van der Waals surface area contributed by atoms with Gasteiger partial charge in [-0.25, -0.2) is 0 Å². The molecule has 0 radical (unpaired) electrons. The summed E-state index contributed by atoms with van der Waals surface area (Å²) in [4.78, 5) is 69.5. The minimum Gasteiger partial charge on any atom is -0.508 e. The third-order valence-corrected chi connectivity index (χ3v) is 9.38. The Labute approximate surface area is 269 Å². The van der Waals surface area contributed by atoms with Crippen molar-refractivity contribution in [2.45, 2.75) is 36.9 Å². The number of ether oxygens (including phenoxy) is 1. The molecule has 0 spiro atoms. The standard InChI is InChI=1S/C30H38ClN5O10/c1-34(2)14(10-15(37)46-7)29(44)33-20-19(31)21(35(3)4)12-8-11-9-13-22(36(5)6)25(40)18(28(32)43)27(42)30(13,45)26(41)16(11)23(38)17(12)24(20)39/h11,13-14,22,38-39,42,45H,8-10H2,1-7H3,(H2,32,43)(H,33,44)/t11?,13?,14?,22-,30-/m0/s1. The Kier molecular flexibility index (Phi) is 9.20. The molecule has 3 aliphatic rings. The number of primary amides is 1. The topological polar surface area (TPSA) is 223 Å². The van der Waals surface area contributed by atoms with Crippen LogP contribution in [0.4, 0.5) is 11.4 Å². The number of hydrogen-bond donors (Lipinski definition) is 6. The van der Waals surface area contributed by atoms with Gasteiger partial charge in [0.1, 0.15) is 22.8 Å². The molecule has 0 heterocycles. The average molecular weight is 664 g/mol. The van der Waals surface area contributed by atoms with Crippen LogP contribution in [0.15, 0.2) is 16.9 Å². The lowest BCUT2D eigenvalue weighted by molar-refractivity contribution is -0.153. The van der Waals surface area contributed by atoms with Gasteiger partial charge in [0, 0.05) is 25.6 Å². The second-order valence-electron chi connectivity index (χ2n) is 12.3. The first-order chi connectivity index (χ1) is 21.3. The Morgan fingerprint density at radius 1 is 1.11 bits per heavy atom. The number of anilines is 2. The predicted molar refractivity (Wildman–Crippen MR) is 166 cm³/mol. The number of carbonyl (C=O) groups excluding carboxylic acids is 5. The van der Waals surface area contributed by atoms with Crippen molar-refractivity contribution in [1.29, 1.82) is 0 Å². The Bertz CT molecular complexity index is 1620. The molecular weight excluding hydrogens is 626 g/mol. The number of nitrogens with zero attached hydrogens (tertiary/aromatic N) is 3. The van der Waals surface area contributed by atoms with Crippen LogP contribution >= 0.6 is 11.6 Å². The molecule has 3 aliphatic carbocycles. The van der Waals surface area contributed by atoms with Crippen molar-refractivity contribution >= 4 is 58.1 Å². The number of phenolic OH excluding ortho intramolecular Hbond substituents is 1. The van der Waals surface area contributed by atoms with E-state index in [1.54, 1.807) is 33.1 Å². The number of Topliss-reactive ketones (excluding diaryl/α,β-unsaturated/α-hetero) is 2. The molecule has 4 rings (SSSR count). The van der Waals surface area contributed by atoms with Gasteiger partial charge in [0.2, 0.25) is 11.7 Å². The summed E-state index contributed by atoms with van der Waals surface area (Å²) in [7, 11) is 10.6. The molecule has 1 fully saturated rings. The Morgan fingerprint density at radius 2 is 1.72 bits per heavy atom. The van der Waals surface area contributed by atoms with Gasteiger partial charge in [-0.3, -0.25) is 33.8 Å². The number of esters is 1. The Balaban J connectivity index is 1.94. The number of ketones is 2. The lowest BCUT2D eigenvalue weighted by Crippen LogP contribution is -2.65. The van der Waals surface area contributed by atoms with Gasteiger partial charge >= 0.3 is 5.97 Å². The third-order valence-electron chi connectivity index (χ3n) is 9.01. The van der Waals surface area contributed by atoms with Crippen LogP contribution in [0.25, 0.3) is 5.76 Å². The number of benzene rings is 1. The number of amides is 2.